The molecule has 0 aliphatic heterocycles. The van der Waals surface area contributed by atoms with Gasteiger partial charge in [-0.25, -0.2) is 0 Å². The molecular weight excluding hydrogens is 142 g/mol. The van der Waals surface area contributed by atoms with Crippen molar-refractivity contribution in [1.82, 2.24) is 5.32 Å². The number of hydrogen-bond donors (Lipinski definition) is 2. The van der Waals surface area contributed by atoms with Crippen molar-refractivity contribution >= 4 is 12.6 Å². The largest absolute Gasteiger partial charge is 0.391 e. The zero-order valence-electron chi connectivity index (χ0n) is 7.86. The Hall–Kier alpha value is -0.110. The maximum absolute atomic E-state index is 3.93. The van der Waals surface area contributed by atoms with Gasteiger partial charge in [0.05, 0.1) is 0 Å². The number of hydrogen-bond acceptors (Lipinski definition) is 2. The fourth-order valence-corrected chi connectivity index (χ4v) is 0.237. The lowest BCUT2D eigenvalue weighted by molar-refractivity contribution is 1.01. The summed E-state index contributed by atoms with van der Waals surface area (Å²) in [7, 11) is 1.83. The van der Waals surface area contributed by atoms with Gasteiger partial charge in [-0.05, 0) is 0 Å². The lowest BCUT2D eigenvalue weighted by Gasteiger charge is -1.94. The molecule has 2 heteroatoms. The van der Waals surface area contributed by atoms with Crippen LogP contribution in [0.25, 0.3) is 0 Å². The number of thiol groups is 1. The van der Waals surface area contributed by atoms with Gasteiger partial charge < -0.3 is 5.32 Å². The minimum Gasteiger partial charge on any atom is -0.391 e. The van der Waals surface area contributed by atoms with E-state index in [4.69, 9.17) is 0 Å². The van der Waals surface area contributed by atoms with Crippen LogP contribution in [0, 0.1) is 0 Å². The molecule has 10 heavy (non-hydrogen) atoms. The molecule has 0 spiro atoms. The standard InChI is InChI=1S/C4H9NS.2C2H6/c1-4(3-6)5-2;2*1-2/h5-6H,1,3H2,2H3;2*1-2H3. The fourth-order valence-electron chi connectivity index (χ4n) is 0.0791. The molecule has 0 aromatic carbocycles. The SMILES string of the molecule is C=C(CS)NC.CC.CC. The molecular formula is C8H21NS. The Bertz CT molecular complexity index is 47.2. The molecule has 0 bridgehead atoms. The van der Waals surface area contributed by atoms with E-state index in [1.807, 2.05) is 34.7 Å². The Morgan fingerprint density at radius 1 is 1.30 bits per heavy atom. The predicted molar refractivity (Wildman–Crippen MR) is 54.7 cm³/mol. The van der Waals surface area contributed by atoms with Crippen molar-refractivity contribution in [2.24, 2.45) is 0 Å². The lowest BCUT2D eigenvalue weighted by Crippen LogP contribution is -2.04. The van der Waals surface area contributed by atoms with Crippen LogP contribution in [0.3, 0.4) is 0 Å². The van der Waals surface area contributed by atoms with Crippen molar-refractivity contribution in [3.05, 3.63) is 12.3 Å². The molecule has 0 saturated heterocycles. The minimum absolute atomic E-state index is 0.719. The molecule has 0 aromatic heterocycles. The Morgan fingerprint density at radius 3 is 1.60 bits per heavy atom. The second-order valence-corrected chi connectivity index (χ2v) is 1.33. The van der Waals surface area contributed by atoms with Crippen LogP contribution in [0.1, 0.15) is 27.7 Å². The topological polar surface area (TPSA) is 12.0 Å². The van der Waals surface area contributed by atoms with Crippen LogP contribution in [0.4, 0.5) is 0 Å². The van der Waals surface area contributed by atoms with Crippen LogP contribution in [-0.4, -0.2) is 12.8 Å². The normalized spacial score (nSPS) is 5.80. The molecule has 0 saturated carbocycles. The van der Waals surface area contributed by atoms with E-state index >= 15 is 0 Å². The molecule has 0 radical (unpaired) electrons. The zero-order valence-corrected chi connectivity index (χ0v) is 8.76. The minimum atomic E-state index is 0.719. The van der Waals surface area contributed by atoms with Gasteiger partial charge in [-0.3, -0.25) is 0 Å². The van der Waals surface area contributed by atoms with Gasteiger partial charge in [0.15, 0.2) is 0 Å². The molecule has 1 N–H and O–H groups in total. The summed E-state index contributed by atoms with van der Waals surface area (Å²) in [5.74, 6) is 0.719. The van der Waals surface area contributed by atoms with Crippen LogP contribution in [-0.2, 0) is 0 Å². The molecule has 1 nitrogen and oxygen atoms in total. The third-order valence-electron chi connectivity index (χ3n) is 0.544. The number of rotatable bonds is 2. The van der Waals surface area contributed by atoms with Crippen LogP contribution in [0.2, 0.25) is 0 Å². The monoisotopic (exact) mass is 163 g/mol. The first-order chi connectivity index (χ1) is 4.81. The Kier molecular flexibility index (Phi) is 38.1. The van der Waals surface area contributed by atoms with E-state index < -0.39 is 0 Å². The molecule has 0 rings (SSSR count). The highest BCUT2D eigenvalue weighted by atomic mass is 32.1. The zero-order chi connectivity index (χ0) is 8.99. The average Bonchev–Trinajstić information content (AvgIpc) is 2.10. The van der Waals surface area contributed by atoms with Crippen LogP contribution in [0.5, 0.6) is 0 Å². The quantitative estimate of drug-likeness (QED) is 0.596. The average molecular weight is 163 g/mol. The van der Waals surface area contributed by atoms with E-state index in [9.17, 15) is 0 Å². The summed E-state index contributed by atoms with van der Waals surface area (Å²) in [6, 6.07) is 0. The summed E-state index contributed by atoms with van der Waals surface area (Å²) in [6.45, 7) is 11.6. The highest BCUT2D eigenvalue weighted by molar-refractivity contribution is 7.80. The summed E-state index contributed by atoms with van der Waals surface area (Å²) in [6.07, 6.45) is 0. The van der Waals surface area contributed by atoms with E-state index in [2.05, 4.69) is 24.5 Å². The molecule has 0 amide bonds. The van der Waals surface area contributed by atoms with Crippen molar-refractivity contribution in [1.29, 1.82) is 0 Å². The fraction of sp³-hybridized carbons (Fsp3) is 0.750. The maximum Gasteiger partial charge on any atom is 0.0296 e. The van der Waals surface area contributed by atoms with Crippen molar-refractivity contribution in [2.75, 3.05) is 12.8 Å². The smallest absolute Gasteiger partial charge is 0.0296 e. The van der Waals surface area contributed by atoms with Crippen LogP contribution >= 0.6 is 12.6 Å². The molecule has 0 aliphatic carbocycles. The van der Waals surface area contributed by atoms with Gasteiger partial charge in [0, 0.05) is 18.5 Å². The maximum atomic E-state index is 3.93. The van der Waals surface area contributed by atoms with E-state index in [0.717, 1.165) is 11.4 Å². The molecule has 0 fully saturated rings. The van der Waals surface area contributed by atoms with E-state index in [0.29, 0.717) is 0 Å². The van der Waals surface area contributed by atoms with Gasteiger partial charge in [-0.2, -0.15) is 12.6 Å². The van der Waals surface area contributed by atoms with Gasteiger partial charge in [-0.15, -0.1) is 0 Å². The van der Waals surface area contributed by atoms with Crippen LogP contribution in [0.15, 0.2) is 12.3 Å². The third kappa shape index (κ3) is 24.8. The number of nitrogens with one attached hydrogen (secondary N) is 1. The van der Waals surface area contributed by atoms with Crippen molar-refractivity contribution in [3.8, 4) is 0 Å². The van der Waals surface area contributed by atoms with E-state index in [1.165, 1.54) is 0 Å². The summed E-state index contributed by atoms with van der Waals surface area (Å²) < 4.78 is 0. The molecule has 0 unspecified atom stereocenters. The highest BCUT2D eigenvalue weighted by Crippen LogP contribution is 1.82. The van der Waals surface area contributed by atoms with Crippen molar-refractivity contribution in [2.45, 2.75) is 27.7 Å². The second kappa shape index (κ2) is 23.1. The van der Waals surface area contributed by atoms with E-state index in [-0.39, 0.29) is 0 Å². The summed E-state index contributed by atoms with van der Waals surface area (Å²) >= 11 is 3.93. The second-order valence-electron chi connectivity index (χ2n) is 1.01. The Morgan fingerprint density at radius 2 is 1.60 bits per heavy atom. The van der Waals surface area contributed by atoms with Gasteiger partial charge in [0.25, 0.3) is 0 Å². The summed E-state index contributed by atoms with van der Waals surface area (Å²) in [5.41, 5.74) is 0.957. The Balaban J connectivity index is -0.000000105. The first-order valence-electron chi connectivity index (χ1n) is 3.77. The predicted octanol–water partition coefficient (Wildman–Crippen LogP) is 2.70. The highest BCUT2D eigenvalue weighted by Gasteiger charge is 1.75. The first kappa shape index (κ1) is 16.5. The first-order valence-corrected chi connectivity index (χ1v) is 4.41. The van der Waals surface area contributed by atoms with Gasteiger partial charge >= 0.3 is 0 Å². The lowest BCUT2D eigenvalue weighted by atomic mass is 10.6. The molecule has 64 valence electrons. The van der Waals surface area contributed by atoms with Crippen molar-refractivity contribution < 1.29 is 0 Å². The van der Waals surface area contributed by atoms with Crippen molar-refractivity contribution in [3.63, 3.8) is 0 Å². The molecule has 0 heterocycles. The van der Waals surface area contributed by atoms with Gasteiger partial charge in [0.2, 0.25) is 0 Å². The van der Waals surface area contributed by atoms with Crippen LogP contribution < -0.4 is 5.32 Å². The van der Waals surface area contributed by atoms with Gasteiger partial charge in [0.1, 0.15) is 0 Å². The summed E-state index contributed by atoms with van der Waals surface area (Å²) in [5, 5.41) is 2.84. The summed E-state index contributed by atoms with van der Waals surface area (Å²) in [4.78, 5) is 0. The third-order valence-corrected chi connectivity index (χ3v) is 0.926. The molecule has 0 aliphatic rings. The van der Waals surface area contributed by atoms with Gasteiger partial charge in [-0.1, -0.05) is 34.3 Å². The Labute approximate surface area is 71.3 Å². The molecule has 0 aromatic rings. The molecule has 0 atom stereocenters. The van der Waals surface area contributed by atoms with E-state index in [1.54, 1.807) is 0 Å².